The van der Waals surface area contributed by atoms with Crippen molar-refractivity contribution in [2.45, 2.75) is 62.6 Å². The van der Waals surface area contributed by atoms with Crippen LogP contribution in [0.5, 0.6) is 23.0 Å². The van der Waals surface area contributed by atoms with Crippen LogP contribution in [0.2, 0.25) is 0 Å². The molecule has 3 aromatic rings. The highest BCUT2D eigenvalue weighted by molar-refractivity contribution is 6.01. The third-order valence-corrected chi connectivity index (χ3v) is 8.18. The molecule has 5 rings (SSSR count). The number of phenols is 2. The number of esters is 1. The number of hydrogen-bond donors (Lipinski definition) is 6. The number of carboxylic acids is 1. The Kier molecular flexibility index (Phi) is 9.07. The van der Waals surface area contributed by atoms with Gasteiger partial charge >= 0.3 is 11.9 Å². The van der Waals surface area contributed by atoms with Gasteiger partial charge in [-0.05, 0) is 68.5 Å². The zero-order valence-electron chi connectivity index (χ0n) is 24.5. The number of Topliss-reactive ketones (excluding diaryl/α,β-unsaturated/α-hetero) is 1. The quantitative estimate of drug-likeness (QED) is 0.121. The van der Waals surface area contributed by atoms with Gasteiger partial charge < -0.3 is 41.6 Å². The molecule has 0 fully saturated rings. The summed E-state index contributed by atoms with van der Waals surface area (Å²) in [5, 5.41) is 31.8. The van der Waals surface area contributed by atoms with Crippen LogP contribution in [0, 0.1) is 0 Å². The van der Waals surface area contributed by atoms with Crippen LogP contribution in [0.1, 0.15) is 82.4 Å². The van der Waals surface area contributed by atoms with Crippen molar-refractivity contribution < 1.29 is 44.0 Å². The van der Waals surface area contributed by atoms with Gasteiger partial charge in [0.2, 0.25) is 0 Å². The predicted molar refractivity (Wildman–Crippen MR) is 161 cm³/mol. The van der Waals surface area contributed by atoms with Gasteiger partial charge in [0, 0.05) is 47.4 Å². The molecule has 1 amide bonds. The normalized spacial score (nSPS) is 15.2. The maximum absolute atomic E-state index is 13.3. The first-order chi connectivity index (χ1) is 21.5. The van der Waals surface area contributed by atoms with E-state index in [1.54, 1.807) is 24.3 Å². The summed E-state index contributed by atoms with van der Waals surface area (Å²) in [6.45, 7) is 0.364. The molecule has 0 radical (unpaired) electrons. The Labute approximate surface area is 258 Å². The summed E-state index contributed by atoms with van der Waals surface area (Å²) < 4.78 is 12.0. The van der Waals surface area contributed by atoms with Crippen molar-refractivity contribution in [3.05, 3.63) is 82.4 Å². The lowest BCUT2D eigenvalue weighted by Crippen LogP contribution is -2.33. The van der Waals surface area contributed by atoms with E-state index in [1.165, 1.54) is 30.3 Å². The van der Waals surface area contributed by atoms with Crippen molar-refractivity contribution in [1.82, 2.24) is 5.32 Å². The van der Waals surface area contributed by atoms with Gasteiger partial charge in [-0.2, -0.15) is 0 Å². The topological polar surface area (TPSA) is 211 Å². The van der Waals surface area contributed by atoms with E-state index in [0.29, 0.717) is 61.8 Å². The summed E-state index contributed by atoms with van der Waals surface area (Å²) in [5.74, 6) is -1.73. The van der Waals surface area contributed by atoms with Crippen LogP contribution in [0.3, 0.4) is 0 Å². The van der Waals surface area contributed by atoms with E-state index in [4.69, 9.17) is 26.0 Å². The van der Waals surface area contributed by atoms with Crippen LogP contribution in [0.15, 0.2) is 54.6 Å². The van der Waals surface area contributed by atoms with Crippen molar-refractivity contribution in [1.29, 1.82) is 0 Å². The minimum atomic E-state index is -1.41. The Morgan fingerprint density at radius 3 is 2.07 bits per heavy atom. The fraction of sp³-hybridized carbons (Fsp3) is 0.333. The van der Waals surface area contributed by atoms with E-state index in [-0.39, 0.29) is 52.2 Å². The maximum atomic E-state index is 13.3. The highest BCUT2D eigenvalue weighted by Crippen LogP contribution is 2.57. The number of unbranched alkanes of at least 4 members (excludes halogenated alkanes) is 2. The number of hydrogen-bond acceptors (Lipinski definition) is 10. The summed E-state index contributed by atoms with van der Waals surface area (Å²) >= 11 is 0. The van der Waals surface area contributed by atoms with Crippen LogP contribution < -0.4 is 21.5 Å². The van der Waals surface area contributed by atoms with Crippen LogP contribution in [0.4, 0.5) is 0 Å². The third kappa shape index (κ3) is 6.33. The van der Waals surface area contributed by atoms with E-state index >= 15 is 0 Å². The molecule has 2 heterocycles. The Morgan fingerprint density at radius 1 is 0.800 bits per heavy atom. The first-order valence-corrected chi connectivity index (χ1v) is 14.8. The lowest BCUT2D eigenvalue weighted by Gasteiger charge is -2.36. The second-order valence-corrected chi connectivity index (χ2v) is 11.3. The number of nitrogens with two attached hydrogens (primary N) is 2. The summed E-state index contributed by atoms with van der Waals surface area (Å²) in [7, 11) is 0. The molecule has 0 saturated carbocycles. The number of nitrogens with one attached hydrogen (secondary N) is 1. The first-order valence-electron chi connectivity index (χ1n) is 14.8. The number of amides is 1. The summed E-state index contributed by atoms with van der Waals surface area (Å²) in [6, 6.07) is 12.1. The van der Waals surface area contributed by atoms with Gasteiger partial charge in [-0.1, -0.05) is 12.5 Å². The Hall–Kier alpha value is -4.94. The lowest BCUT2D eigenvalue weighted by atomic mass is 9.77. The molecule has 0 saturated heterocycles. The number of fused-ring (bicyclic) bond motifs is 6. The molecule has 0 bridgehead atoms. The summed E-state index contributed by atoms with van der Waals surface area (Å²) in [6.07, 6.45) is 3.31. The van der Waals surface area contributed by atoms with Crippen molar-refractivity contribution in [3.8, 4) is 23.0 Å². The van der Waals surface area contributed by atoms with Crippen LogP contribution in [-0.4, -0.2) is 57.6 Å². The highest BCUT2D eigenvalue weighted by atomic mass is 16.6. The average Bonchev–Trinajstić information content (AvgIpc) is 3.29. The number of aromatic hydroxyl groups is 2. The molecule has 1 unspecified atom stereocenters. The molecule has 45 heavy (non-hydrogen) atoms. The van der Waals surface area contributed by atoms with E-state index in [0.717, 1.165) is 0 Å². The van der Waals surface area contributed by atoms with Crippen LogP contribution in [0.25, 0.3) is 0 Å². The molecule has 2 aliphatic heterocycles. The van der Waals surface area contributed by atoms with E-state index in [1.807, 2.05) is 0 Å². The summed E-state index contributed by atoms with van der Waals surface area (Å²) in [5.41, 5.74) is 12.0. The average molecular weight is 618 g/mol. The molecule has 2 atom stereocenters. The van der Waals surface area contributed by atoms with Crippen molar-refractivity contribution in [2.75, 3.05) is 6.54 Å². The molecule has 8 N–H and O–H groups in total. The fourth-order valence-electron chi connectivity index (χ4n) is 5.78. The van der Waals surface area contributed by atoms with E-state index < -0.39 is 29.6 Å². The molecule has 3 aromatic carbocycles. The van der Waals surface area contributed by atoms with Crippen molar-refractivity contribution in [3.63, 3.8) is 0 Å². The number of ketones is 1. The molecule has 0 aliphatic carbocycles. The first kappa shape index (κ1) is 31.5. The number of rotatable bonds is 13. The standard InChI is InChI=1S/C33H35N3O9/c34-25(5-4-6-26(35)31(41)42)27(39)7-2-1-3-14-36-30(40)18-8-11-22-21(15-18)32(43)45-33(22)23-12-9-19(37)16-28(23)44-29-17-20(38)10-13-24(29)33/h8-13,15-17,25-26,37-38H,1-7,14,34-35H2,(H,36,40)(H,41,42)/t25?,26-/m0/s1. The molecule has 236 valence electrons. The molecule has 2 aliphatic rings. The van der Waals surface area contributed by atoms with E-state index in [9.17, 15) is 29.4 Å². The van der Waals surface area contributed by atoms with Gasteiger partial charge in [0.05, 0.1) is 11.6 Å². The van der Waals surface area contributed by atoms with Gasteiger partial charge in [0.15, 0.2) is 5.60 Å². The van der Waals surface area contributed by atoms with Crippen LogP contribution >= 0.6 is 0 Å². The Bertz CT molecular complexity index is 1600. The zero-order chi connectivity index (χ0) is 32.3. The van der Waals surface area contributed by atoms with E-state index in [2.05, 4.69) is 5.32 Å². The number of phenolic OH excluding ortho intramolecular Hbond substituents is 2. The Morgan fingerprint density at radius 2 is 1.42 bits per heavy atom. The monoisotopic (exact) mass is 617 g/mol. The predicted octanol–water partition coefficient (Wildman–Crippen LogP) is 3.43. The molecular formula is C33H35N3O9. The largest absolute Gasteiger partial charge is 0.508 e. The minimum absolute atomic E-state index is 0.0465. The van der Waals surface area contributed by atoms with Gasteiger partial charge in [-0.15, -0.1) is 0 Å². The van der Waals surface area contributed by atoms with Gasteiger partial charge in [0.1, 0.15) is 34.8 Å². The zero-order valence-corrected chi connectivity index (χ0v) is 24.5. The smallest absolute Gasteiger partial charge is 0.340 e. The minimum Gasteiger partial charge on any atom is -0.508 e. The molecule has 12 heteroatoms. The number of carboxylic acid groups (broad SMARTS) is 1. The molecule has 12 nitrogen and oxygen atoms in total. The van der Waals surface area contributed by atoms with Gasteiger partial charge in [-0.3, -0.25) is 14.4 Å². The highest BCUT2D eigenvalue weighted by Gasteiger charge is 2.53. The molecule has 1 spiro atoms. The van der Waals surface area contributed by atoms with Crippen molar-refractivity contribution >= 4 is 23.6 Å². The summed E-state index contributed by atoms with van der Waals surface area (Å²) in [4.78, 5) is 49.3. The molecular weight excluding hydrogens is 582 g/mol. The SMILES string of the molecule is NC(CCC[C@H](N)C(=O)O)C(=O)CCCCCNC(=O)c1ccc2c(c1)C(=O)OC21c2ccc(O)cc2Oc2cc(O)ccc21. The van der Waals surface area contributed by atoms with Crippen molar-refractivity contribution in [2.24, 2.45) is 11.5 Å². The number of carbonyl (C=O) groups excluding carboxylic acids is 3. The second kappa shape index (κ2) is 13.0. The lowest BCUT2D eigenvalue weighted by molar-refractivity contribution is -0.138. The van der Waals surface area contributed by atoms with Gasteiger partial charge in [-0.25, -0.2) is 4.79 Å². The maximum Gasteiger partial charge on any atom is 0.340 e. The number of benzene rings is 3. The number of carbonyl (C=O) groups is 4. The van der Waals surface area contributed by atoms with Crippen LogP contribution in [-0.2, 0) is 19.9 Å². The molecule has 0 aromatic heterocycles. The third-order valence-electron chi connectivity index (χ3n) is 8.18. The fourth-order valence-corrected chi connectivity index (χ4v) is 5.78. The Balaban J connectivity index is 1.19. The number of ether oxygens (including phenoxy) is 2. The van der Waals surface area contributed by atoms with Gasteiger partial charge in [0.25, 0.3) is 5.91 Å². The number of aliphatic carboxylic acids is 1. The second-order valence-electron chi connectivity index (χ2n) is 11.3.